The molecule has 0 heterocycles. The lowest BCUT2D eigenvalue weighted by Gasteiger charge is -2.25. The summed E-state index contributed by atoms with van der Waals surface area (Å²) in [7, 11) is 3.22. The zero-order valence-corrected chi connectivity index (χ0v) is 20.7. The maximum Gasteiger partial charge on any atom is 0.241 e. The van der Waals surface area contributed by atoms with Gasteiger partial charge in [0.05, 0.1) is 33.4 Å². The molecule has 0 fully saturated rings. The minimum absolute atomic E-state index is 0.0157. The van der Waals surface area contributed by atoms with E-state index in [9.17, 15) is 14.4 Å². The summed E-state index contributed by atoms with van der Waals surface area (Å²) in [6.07, 6.45) is 0.0157. The molecule has 0 aliphatic rings. The van der Waals surface area contributed by atoms with Crippen LogP contribution in [-0.2, 0) is 14.4 Å². The number of nitrogens with one attached hydrogen (secondary N) is 1. The van der Waals surface area contributed by atoms with E-state index >= 15 is 0 Å². The topological polar surface area (TPSA) is 123 Å². The quantitative estimate of drug-likeness (QED) is 0.420. The summed E-state index contributed by atoms with van der Waals surface area (Å²) >= 11 is 0. The van der Waals surface area contributed by atoms with Crippen molar-refractivity contribution in [2.75, 3.05) is 57.2 Å². The molecule has 2 aromatic carbocycles. The van der Waals surface area contributed by atoms with Crippen molar-refractivity contribution in [3.05, 3.63) is 42.5 Å². The van der Waals surface area contributed by atoms with Crippen LogP contribution >= 0.6 is 0 Å². The number of anilines is 2. The molecule has 190 valence electrons. The van der Waals surface area contributed by atoms with Crippen molar-refractivity contribution >= 4 is 29.1 Å². The Bertz CT molecular complexity index is 996. The number of methoxy groups -OCH3 is 1. The highest BCUT2D eigenvalue weighted by Crippen LogP contribution is 2.30. The predicted molar refractivity (Wildman–Crippen MR) is 134 cm³/mol. The summed E-state index contributed by atoms with van der Waals surface area (Å²) in [5, 5.41) is 2.81. The molecule has 0 saturated carbocycles. The third-order valence-corrected chi connectivity index (χ3v) is 4.91. The normalized spacial score (nSPS) is 10.5. The Kier molecular flexibility index (Phi) is 10.8. The summed E-state index contributed by atoms with van der Waals surface area (Å²) in [4.78, 5) is 40.0. The molecule has 0 unspecified atom stereocenters. The third kappa shape index (κ3) is 8.82. The van der Waals surface area contributed by atoms with Gasteiger partial charge in [0, 0.05) is 30.4 Å². The first kappa shape index (κ1) is 27.5. The number of rotatable bonds is 14. The Morgan fingerprint density at radius 2 is 1.60 bits per heavy atom. The molecule has 0 spiro atoms. The Morgan fingerprint density at radius 1 is 0.943 bits per heavy atom. The van der Waals surface area contributed by atoms with Crippen LogP contribution in [0.3, 0.4) is 0 Å². The van der Waals surface area contributed by atoms with Crippen LogP contribution in [0.4, 0.5) is 11.4 Å². The van der Waals surface area contributed by atoms with Gasteiger partial charge < -0.3 is 30.2 Å². The van der Waals surface area contributed by atoms with E-state index < -0.39 is 5.91 Å². The summed E-state index contributed by atoms with van der Waals surface area (Å²) in [6.45, 7) is 4.78. The molecule has 0 saturated heterocycles. The molecule has 0 aliphatic heterocycles. The first-order valence-corrected chi connectivity index (χ1v) is 11.4. The van der Waals surface area contributed by atoms with E-state index in [1.54, 1.807) is 61.5 Å². The number of ether oxygens (including phenoxy) is 3. The number of hydrogen-bond acceptors (Lipinski definition) is 7. The largest absolute Gasteiger partial charge is 0.497 e. The molecule has 0 aliphatic carbocycles. The van der Waals surface area contributed by atoms with Crippen molar-refractivity contribution in [2.45, 2.75) is 20.3 Å². The fourth-order valence-electron chi connectivity index (χ4n) is 3.33. The maximum absolute atomic E-state index is 13.0. The number of hydrogen-bond donors (Lipinski definition) is 2. The van der Waals surface area contributed by atoms with Gasteiger partial charge in [0.1, 0.15) is 5.75 Å². The van der Waals surface area contributed by atoms with E-state index in [2.05, 4.69) is 5.32 Å². The minimum atomic E-state index is -0.508. The predicted octanol–water partition coefficient (Wildman–Crippen LogP) is 2.27. The SMILES string of the molecule is CCOc1ccc(NC(=O)CN(C)CC(=O)N(CCC(N)=O)c2ccc(OC)cc2)cc1OCC. The molecular formula is C25H34N4O6. The number of amides is 3. The molecule has 2 rings (SSSR count). The van der Waals surface area contributed by atoms with Crippen LogP contribution in [-0.4, -0.2) is 69.6 Å². The highest BCUT2D eigenvalue weighted by molar-refractivity contribution is 5.96. The van der Waals surface area contributed by atoms with Gasteiger partial charge in [-0.3, -0.25) is 19.3 Å². The molecule has 0 radical (unpaired) electrons. The summed E-state index contributed by atoms with van der Waals surface area (Å²) in [5.41, 5.74) is 6.45. The molecule has 3 N–H and O–H groups in total. The molecule has 0 atom stereocenters. The number of nitrogens with zero attached hydrogens (tertiary/aromatic N) is 2. The van der Waals surface area contributed by atoms with Crippen LogP contribution in [0.15, 0.2) is 42.5 Å². The van der Waals surface area contributed by atoms with Crippen LogP contribution in [0.1, 0.15) is 20.3 Å². The van der Waals surface area contributed by atoms with Gasteiger partial charge in [-0.15, -0.1) is 0 Å². The average Bonchev–Trinajstić information content (AvgIpc) is 2.81. The van der Waals surface area contributed by atoms with Gasteiger partial charge in [-0.1, -0.05) is 0 Å². The molecule has 10 nitrogen and oxygen atoms in total. The summed E-state index contributed by atoms with van der Waals surface area (Å²) in [6, 6.07) is 12.1. The van der Waals surface area contributed by atoms with Gasteiger partial charge in [-0.25, -0.2) is 0 Å². The number of likely N-dealkylation sites (N-methyl/N-ethyl adjacent to an activating group) is 1. The van der Waals surface area contributed by atoms with Crippen LogP contribution < -0.4 is 30.2 Å². The number of primary amides is 1. The van der Waals surface area contributed by atoms with Gasteiger partial charge >= 0.3 is 0 Å². The molecule has 2 aromatic rings. The lowest BCUT2D eigenvalue weighted by atomic mass is 10.2. The van der Waals surface area contributed by atoms with Crippen molar-refractivity contribution in [3.63, 3.8) is 0 Å². The van der Waals surface area contributed by atoms with Crippen LogP contribution in [0.5, 0.6) is 17.2 Å². The van der Waals surface area contributed by atoms with Crippen molar-refractivity contribution in [3.8, 4) is 17.2 Å². The second-order valence-corrected chi connectivity index (χ2v) is 7.71. The lowest BCUT2D eigenvalue weighted by Crippen LogP contribution is -2.42. The van der Waals surface area contributed by atoms with E-state index in [0.29, 0.717) is 41.8 Å². The molecule has 10 heteroatoms. The number of nitrogens with two attached hydrogens (primary N) is 1. The number of carbonyl (C=O) groups excluding carboxylic acids is 3. The van der Waals surface area contributed by atoms with E-state index in [1.807, 2.05) is 13.8 Å². The molecule has 35 heavy (non-hydrogen) atoms. The minimum Gasteiger partial charge on any atom is -0.497 e. The van der Waals surface area contributed by atoms with E-state index in [1.165, 1.54) is 4.90 Å². The van der Waals surface area contributed by atoms with E-state index in [-0.39, 0.29) is 37.9 Å². The van der Waals surface area contributed by atoms with Gasteiger partial charge in [-0.2, -0.15) is 0 Å². The van der Waals surface area contributed by atoms with Crippen LogP contribution in [0.25, 0.3) is 0 Å². The standard InChI is InChI=1S/C25H34N4O6/c1-5-34-21-12-7-18(15-22(21)35-6-2)27-24(31)16-28(3)17-25(32)29(14-13-23(26)30)19-8-10-20(33-4)11-9-19/h7-12,15H,5-6,13-14,16-17H2,1-4H3,(H2,26,30)(H,27,31). The van der Waals surface area contributed by atoms with Crippen molar-refractivity contribution in [2.24, 2.45) is 5.73 Å². The molecule has 0 bridgehead atoms. The maximum atomic E-state index is 13.0. The average molecular weight is 487 g/mol. The van der Waals surface area contributed by atoms with Gasteiger partial charge in [0.25, 0.3) is 0 Å². The molecule has 0 aromatic heterocycles. The second-order valence-electron chi connectivity index (χ2n) is 7.71. The van der Waals surface area contributed by atoms with Crippen LogP contribution in [0.2, 0.25) is 0 Å². The monoisotopic (exact) mass is 486 g/mol. The van der Waals surface area contributed by atoms with Crippen LogP contribution in [0, 0.1) is 0 Å². The van der Waals surface area contributed by atoms with Crippen molar-refractivity contribution in [1.29, 1.82) is 0 Å². The first-order chi connectivity index (χ1) is 16.8. The van der Waals surface area contributed by atoms with E-state index in [4.69, 9.17) is 19.9 Å². The molecular weight excluding hydrogens is 452 g/mol. The molecule has 3 amide bonds. The number of benzene rings is 2. The second kappa shape index (κ2) is 13.8. The number of carbonyl (C=O) groups is 3. The van der Waals surface area contributed by atoms with Gasteiger partial charge in [0.2, 0.25) is 17.7 Å². The zero-order valence-electron chi connectivity index (χ0n) is 20.7. The highest BCUT2D eigenvalue weighted by atomic mass is 16.5. The third-order valence-electron chi connectivity index (χ3n) is 4.91. The van der Waals surface area contributed by atoms with E-state index in [0.717, 1.165) is 0 Å². The fraction of sp³-hybridized carbons (Fsp3) is 0.400. The fourth-order valence-corrected chi connectivity index (χ4v) is 3.33. The Morgan fingerprint density at radius 3 is 2.20 bits per heavy atom. The Hall–Kier alpha value is -3.79. The lowest BCUT2D eigenvalue weighted by molar-refractivity contribution is -0.121. The van der Waals surface area contributed by atoms with Crippen molar-refractivity contribution < 1.29 is 28.6 Å². The Labute approximate surface area is 205 Å². The van der Waals surface area contributed by atoms with Gasteiger partial charge in [0.15, 0.2) is 11.5 Å². The summed E-state index contributed by atoms with van der Waals surface area (Å²) in [5.74, 6) is 0.716. The Balaban J connectivity index is 2.02. The van der Waals surface area contributed by atoms with Crippen molar-refractivity contribution in [1.82, 2.24) is 4.90 Å². The first-order valence-electron chi connectivity index (χ1n) is 11.4. The smallest absolute Gasteiger partial charge is 0.241 e. The summed E-state index contributed by atoms with van der Waals surface area (Å²) < 4.78 is 16.3. The zero-order chi connectivity index (χ0) is 25.8. The van der Waals surface area contributed by atoms with Gasteiger partial charge in [-0.05, 0) is 57.3 Å². The highest BCUT2D eigenvalue weighted by Gasteiger charge is 2.20.